The summed E-state index contributed by atoms with van der Waals surface area (Å²) in [6, 6.07) is 4.43. The number of nitrogens with one attached hydrogen (secondary N) is 1. The molecule has 10 heteroatoms. The summed E-state index contributed by atoms with van der Waals surface area (Å²) in [5.41, 5.74) is 0.672. The molecule has 0 bridgehead atoms. The minimum atomic E-state index is -2.61. The Balaban J connectivity index is 1.60. The second kappa shape index (κ2) is 9.35. The minimum Gasteiger partial charge on any atom is -0.481 e. The van der Waals surface area contributed by atoms with Gasteiger partial charge in [0.05, 0.1) is 13.5 Å². The number of aromatic nitrogens is 3. The van der Waals surface area contributed by atoms with Crippen LogP contribution in [-0.4, -0.2) is 46.8 Å². The van der Waals surface area contributed by atoms with Gasteiger partial charge in [0.25, 0.3) is 12.3 Å². The summed E-state index contributed by atoms with van der Waals surface area (Å²) >= 11 is 0. The van der Waals surface area contributed by atoms with Gasteiger partial charge in [0.1, 0.15) is 17.3 Å². The number of ether oxygens (including phenoxy) is 2. The Kier molecular flexibility index (Phi) is 6.63. The molecule has 29 heavy (non-hydrogen) atoms. The summed E-state index contributed by atoms with van der Waals surface area (Å²) in [4.78, 5) is 36.5. The summed E-state index contributed by atoms with van der Waals surface area (Å²) in [5, 5.41) is 2.68. The van der Waals surface area contributed by atoms with Crippen LogP contribution in [-0.2, 0) is 17.8 Å². The van der Waals surface area contributed by atoms with E-state index in [9.17, 15) is 18.4 Å². The zero-order valence-corrected chi connectivity index (χ0v) is 15.7. The van der Waals surface area contributed by atoms with Crippen molar-refractivity contribution in [3.05, 3.63) is 41.5 Å². The van der Waals surface area contributed by atoms with Crippen molar-refractivity contribution in [1.29, 1.82) is 0 Å². The Hall–Kier alpha value is -3.17. The fourth-order valence-corrected chi connectivity index (χ4v) is 2.57. The lowest BCUT2D eigenvalue weighted by atomic mass is 10.2. The van der Waals surface area contributed by atoms with Crippen molar-refractivity contribution in [2.45, 2.75) is 32.2 Å². The quantitative estimate of drug-likeness (QED) is 0.643. The summed E-state index contributed by atoms with van der Waals surface area (Å²) in [6.07, 6.45) is 0.749. The molecule has 3 rings (SSSR count). The molecule has 2 aromatic rings. The van der Waals surface area contributed by atoms with Gasteiger partial charge < -0.3 is 14.8 Å². The van der Waals surface area contributed by atoms with E-state index in [1.807, 2.05) is 0 Å². The van der Waals surface area contributed by atoms with E-state index >= 15 is 0 Å². The van der Waals surface area contributed by atoms with Crippen LogP contribution in [0.5, 0.6) is 11.8 Å². The van der Waals surface area contributed by atoms with Gasteiger partial charge in [0, 0.05) is 30.3 Å². The summed E-state index contributed by atoms with van der Waals surface area (Å²) < 4.78 is 34.4. The smallest absolute Gasteiger partial charge is 0.272 e. The predicted molar refractivity (Wildman–Crippen MR) is 96.9 cm³/mol. The third-order valence-corrected chi connectivity index (χ3v) is 4.21. The largest absolute Gasteiger partial charge is 0.481 e. The van der Waals surface area contributed by atoms with Crippen LogP contribution in [0.25, 0.3) is 0 Å². The maximum absolute atomic E-state index is 12.4. The number of carbonyl (C=O) groups excluding carboxylic acids is 2. The number of carbonyl (C=O) groups is 2. The number of amides is 1. The van der Waals surface area contributed by atoms with Gasteiger partial charge in [-0.3, -0.25) is 9.59 Å². The molecule has 1 amide bonds. The number of Topliss-reactive ketones (excluding diaryl/α,β-unsaturated/α-hetero) is 1. The predicted octanol–water partition coefficient (Wildman–Crippen LogP) is 1.98. The highest BCUT2D eigenvalue weighted by Crippen LogP contribution is 2.30. The average Bonchev–Trinajstić information content (AvgIpc) is 3.56. The Morgan fingerprint density at radius 3 is 2.72 bits per heavy atom. The van der Waals surface area contributed by atoms with Crippen molar-refractivity contribution in [3.8, 4) is 11.8 Å². The van der Waals surface area contributed by atoms with Crippen molar-refractivity contribution in [2.75, 3.05) is 13.7 Å². The van der Waals surface area contributed by atoms with Gasteiger partial charge in [-0.05, 0) is 25.0 Å². The molecule has 1 aliphatic rings. The lowest BCUT2D eigenvalue weighted by Gasteiger charge is -2.11. The third kappa shape index (κ3) is 5.90. The molecule has 0 radical (unpaired) electrons. The number of pyridine rings is 1. The highest BCUT2D eigenvalue weighted by Gasteiger charge is 2.29. The van der Waals surface area contributed by atoms with Gasteiger partial charge in [-0.15, -0.1) is 0 Å². The van der Waals surface area contributed by atoms with Crippen LogP contribution in [0.2, 0.25) is 0 Å². The van der Waals surface area contributed by atoms with Crippen LogP contribution in [0.15, 0.2) is 24.4 Å². The number of hydrogen-bond donors (Lipinski definition) is 1. The van der Waals surface area contributed by atoms with Crippen LogP contribution >= 0.6 is 0 Å². The van der Waals surface area contributed by atoms with E-state index in [1.54, 1.807) is 6.07 Å². The van der Waals surface area contributed by atoms with Gasteiger partial charge in [-0.2, -0.15) is 4.98 Å². The van der Waals surface area contributed by atoms with Gasteiger partial charge >= 0.3 is 0 Å². The number of alkyl halides is 2. The van der Waals surface area contributed by atoms with Crippen molar-refractivity contribution in [3.63, 3.8) is 0 Å². The number of hydrogen-bond acceptors (Lipinski definition) is 7. The summed E-state index contributed by atoms with van der Waals surface area (Å²) in [7, 11) is 1.37. The molecule has 0 aromatic carbocycles. The van der Waals surface area contributed by atoms with E-state index in [1.165, 1.54) is 25.4 Å². The zero-order chi connectivity index (χ0) is 20.8. The van der Waals surface area contributed by atoms with Crippen LogP contribution in [0.1, 0.15) is 34.7 Å². The molecule has 8 nitrogen and oxygen atoms in total. The number of rotatable bonds is 10. The Bertz CT molecular complexity index is 890. The topological polar surface area (TPSA) is 103 Å². The first-order chi connectivity index (χ1) is 14.0. The molecular formula is C19H20F2N4O4. The molecule has 0 saturated heterocycles. The first kappa shape index (κ1) is 20.6. The Labute approximate surface area is 165 Å². The second-order valence-electron chi connectivity index (χ2n) is 6.48. The standard InChI is InChI=1S/C19H20F2N4O4/c1-28-19-12(4-5-17(25-19)29-10-15(20)21)9-23-18(27)13-6-7-22-16(24-13)8-14(26)11-2-3-11/h4-7,11,15H,2-3,8-10H2,1H3,(H,23,27). The highest BCUT2D eigenvalue weighted by molar-refractivity contribution is 5.92. The van der Waals surface area contributed by atoms with Gasteiger partial charge in [0.15, 0.2) is 6.61 Å². The molecular weight excluding hydrogens is 386 g/mol. The first-order valence-corrected chi connectivity index (χ1v) is 9.04. The molecule has 0 spiro atoms. The Morgan fingerprint density at radius 1 is 1.24 bits per heavy atom. The lowest BCUT2D eigenvalue weighted by Crippen LogP contribution is -2.25. The third-order valence-electron chi connectivity index (χ3n) is 4.21. The monoisotopic (exact) mass is 406 g/mol. The zero-order valence-electron chi connectivity index (χ0n) is 15.7. The molecule has 1 fully saturated rings. The highest BCUT2D eigenvalue weighted by atomic mass is 19.3. The van der Waals surface area contributed by atoms with Crippen LogP contribution in [0.3, 0.4) is 0 Å². The maximum Gasteiger partial charge on any atom is 0.272 e. The van der Waals surface area contributed by atoms with Crippen LogP contribution < -0.4 is 14.8 Å². The summed E-state index contributed by atoms with van der Waals surface area (Å²) in [5.74, 6) is 0.201. The molecule has 1 N–H and O–H groups in total. The first-order valence-electron chi connectivity index (χ1n) is 9.04. The van der Waals surface area contributed by atoms with Gasteiger partial charge in [0.2, 0.25) is 11.8 Å². The van der Waals surface area contributed by atoms with Crippen LogP contribution in [0.4, 0.5) is 8.78 Å². The van der Waals surface area contributed by atoms with Crippen LogP contribution in [0, 0.1) is 5.92 Å². The van der Waals surface area contributed by atoms with E-state index in [0.717, 1.165) is 12.8 Å². The second-order valence-corrected chi connectivity index (χ2v) is 6.48. The Morgan fingerprint density at radius 2 is 2.03 bits per heavy atom. The normalized spacial score (nSPS) is 13.2. The molecule has 0 aliphatic heterocycles. The lowest BCUT2D eigenvalue weighted by molar-refractivity contribution is -0.119. The van der Waals surface area contributed by atoms with E-state index in [2.05, 4.69) is 20.3 Å². The molecule has 2 heterocycles. The molecule has 1 aliphatic carbocycles. The molecule has 2 aromatic heterocycles. The number of methoxy groups -OCH3 is 1. The molecule has 154 valence electrons. The number of halogens is 2. The van der Waals surface area contributed by atoms with E-state index in [-0.39, 0.29) is 42.1 Å². The number of ketones is 1. The maximum atomic E-state index is 12.4. The van der Waals surface area contributed by atoms with E-state index in [4.69, 9.17) is 9.47 Å². The SMILES string of the molecule is COc1nc(OCC(F)F)ccc1CNC(=O)c1ccnc(CC(=O)C2CC2)n1. The fraction of sp³-hybridized carbons (Fsp3) is 0.421. The average molecular weight is 406 g/mol. The van der Waals surface area contributed by atoms with Crippen molar-refractivity contribution < 1.29 is 27.8 Å². The van der Waals surface area contributed by atoms with E-state index < -0.39 is 18.9 Å². The minimum absolute atomic E-state index is 0.00185. The number of nitrogens with zero attached hydrogens (tertiary/aromatic N) is 3. The van der Waals surface area contributed by atoms with Crippen molar-refractivity contribution in [1.82, 2.24) is 20.3 Å². The molecule has 1 saturated carbocycles. The van der Waals surface area contributed by atoms with Crippen molar-refractivity contribution >= 4 is 11.7 Å². The van der Waals surface area contributed by atoms with E-state index in [0.29, 0.717) is 11.4 Å². The molecule has 0 unspecified atom stereocenters. The fourth-order valence-electron chi connectivity index (χ4n) is 2.57. The summed E-state index contributed by atoms with van der Waals surface area (Å²) in [6.45, 7) is -0.698. The molecule has 0 atom stereocenters. The van der Waals surface area contributed by atoms with Gasteiger partial charge in [-0.1, -0.05) is 0 Å². The van der Waals surface area contributed by atoms with Crippen molar-refractivity contribution in [2.24, 2.45) is 5.92 Å². The van der Waals surface area contributed by atoms with Gasteiger partial charge in [-0.25, -0.2) is 18.7 Å².